The van der Waals surface area contributed by atoms with Gasteiger partial charge in [0.15, 0.2) is 20.5 Å². The topological polar surface area (TPSA) is 118 Å². The SMILES string of the molecule is C=CC(=O)N1CCN(c2nc(=O)n(-c3c(Cl)ccnc3S(C)(=O)=O)c3nc(-c4c(F)cccc4Cl)c(Cl)cc23)[C@@H](C)C1. The number of pyridine rings is 2. The summed E-state index contributed by atoms with van der Waals surface area (Å²) in [7, 11) is -4.00. The summed E-state index contributed by atoms with van der Waals surface area (Å²) in [5.74, 6) is -0.761. The van der Waals surface area contributed by atoms with Crippen molar-refractivity contribution in [3.63, 3.8) is 0 Å². The van der Waals surface area contributed by atoms with Crippen molar-refractivity contribution < 1.29 is 17.6 Å². The highest BCUT2D eigenvalue weighted by Gasteiger charge is 2.31. The van der Waals surface area contributed by atoms with E-state index in [9.17, 15) is 18.0 Å². The fourth-order valence-electron chi connectivity index (χ4n) is 4.91. The van der Waals surface area contributed by atoms with Crippen LogP contribution in [0.25, 0.3) is 28.0 Å². The average Bonchev–Trinajstić information content (AvgIpc) is 2.92. The molecule has 0 spiro atoms. The number of rotatable bonds is 5. The van der Waals surface area contributed by atoms with Gasteiger partial charge in [0, 0.05) is 38.1 Å². The normalized spacial score (nSPS) is 15.7. The summed E-state index contributed by atoms with van der Waals surface area (Å²) in [4.78, 5) is 42.3. The van der Waals surface area contributed by atoms with Crippen LogP contribution in [0.4, 0.5) is 10.2 Å². The molecular formula is C27H22Cl3FN6O4S. The van der Waals surface area contributed by atoms with E-state index < -0.39 is 26.4 Å². The maximum Gasteiger partial charge on any atom is 0.355 e. The first-order chi connectivity index (χ1) is 19.8. The van der Waals surface area contributed by atoms with Crippen LogP contribution in [0.5, 0.6) is 0 Å². The van der Waals surface area contributed by atoms with Crippen LogP contribution in [-0.4, -0.2) is 70.7 Å². The van der Waals surface area contributed by atoms with Gasteiger partial charge in [0.25, 0.3) is 0 Å². The van der Waals surface area contributed by atoms with Gasteiger partial charge in [0.05, 0.1) is 31.7 Å². The number of hydrogen-bond acceptors (Lipinski definition) is 8. The summed E-state index contributed by atoms with van der Waals surface area (Å²) >= 11 is 19.5. The molecule has 10 nitrogen and oxygen atoms in total. The lowest BCUT2D eigenvalue weighted by Crippen LogP contribution is -2.54. The molecule has 0 N–H and O–H groups in total. The van der Waals surface area contributed by atoms with Crippen LogP contribution in [0, 0.1) is 5.82 Å². The highest BCUT2D eigenvalue weighted by molar-refractivity contribution is 7.90. The molecule has 1 saturated heterocycles. The van der Waals surface area contributed by atoms with E-state index in [1.165, 1.54) is 42.6 Å². The standard InChI is InChI=1S/C27H22Cl3FN6O4S/c1-4-20(38)35-10-11-36(14(2)13-35)24-15-12-18(30)22(21-16(28)6-5-7-19(21)31)33-25(15)37(27(39)34-24)23-17(29)8-9-32-26(23)42(3,40)41/h4-9,12,14H,1,10-11,13H2,2-3H3/t14-/m0/s1. The second-order valence-electron chi connectivity index (χ2n) is 9.59. The Morgan fingerprint density at radius 3 is 2.50 bits per heavy atom. The van der Waals surface area contributed by atoms with Gasteiger partial charge in [-0.15, -0.1) is 0 Å². The Labute approximate surface area is 254 Å². The zero-order valence-electron chi connectivity index (χ0n) is 22.2. The molecule has 4 heterocycles. The quantitative estimate of drug-likeness (QED) is 0.288. The van der Waals surface area contributed by atoms with Crippen molar-refractivity contribution in [3.05, 3.63) is 80.6 Å². The molecule has 0 aliphatic carbocycles. The van der Waals surface area contributed by atoms with E-state index in [2.05, 4.69) is 21.5 Å². The number of nitrogens with zero attached hydrogens (tertiary/aromatic N) is 6. The smallest absolute Gasteiger partial charge is 0.350 e. The zero-order chi connectivity index (χ0) is 30.5. The molecule has 4 aromatic rings. The summed E-state index contributed by atoms with van der Waals surface area (Å²) in [6.45, 7) is 6.32. The minimum absolute atomic E-state index is 0.00325. The molecule has 0 unspecified atom stereocenters. The fourth-order valence-corrected chi connectivity index (χ4v) is 6.50. The molecule has 1 aromatic carbocycles. The molecule has 42 heavy (non-hydrogen) atoms. The van der Waals surface area contributed by atoms with Crippen molar-refractivity contribution in [2.24, 2.45) is 0 Å². The van der Waals surface area contributed by atoms with Gasteiger partial charge >= 0.3 is 5.69 Å². The Balaban J connectivity index is 1.86. The van der Waals surface area contributed by atoms with Gasteiger partial charge < -0.3 is 9.80 Å². The monoisotopic (exact) mass is 650 g/mol. The van der Waals surface area contributed by atoms with E-state index in [4.69, 9.17) is 34.8 Å². The van der Waals surface area contributed by atoms with Crippen molar-refractivity contribution in [3.8, 4) is 16.9 Å². The number of benzene rings is 1. The van der Waals surface area contributed by atoms with Crippen LogP contribution in [0.3, 0.4) is 0 Å². The Morgan fingerprint density at radius 1 is 1.12 bits per heavy atom. The lowest BCUT2D eigenvalue weighted by atomic mass is 10.1. The van der Waals surface area contributed by atoms with Crippen molar-refractivity contribution in [1.29, 1.82) is 0 Å². The molecule has 1 aliphatic heterocycles. The van der Waals surface area contributed by atoms with Crippen molar-refractivity contribution >= 4 is 67.4 Å². The van der Waals surface area contributed by atoms with Gasteiger partial charge in [-0.05, 0) is 37.3 Å². The third-order valence-corrected chi connectivity index (χ3v) is 8.71. The van der Waals surface area contributed by atoms with Crippen molar-refractivity contribution in [1.82, 2.24) is 24.4 Å². The van der Waals surface area contributed by atoms with Gasteiger partial charge in [-0.25, -0.2) is 32.1 Å². The van der Waals surface area contributed by atoms with Crippen LogP contribution in [0.2, 0.25) is 15.1 Å². The Bertz CT molecular complexity index is 1930. The summed E-state index contributed by atoms with van der Waals surface area (Å²) in [6.07, 6.45) is 3.34. The molecule has 3 aromatic heterocycles. The van der Waals surface area contributed by atoms with Crippen molar-refractivity contribution in [2.75, 3.05) is 30.8 Å². The van der Waals surface area contributed by atoms with Gasteiger partial charge in [-0.1, -0.05) is 47.4 Å². The first-order valence-electron chi connectivity index (χ1n) is 12.4. The molecule has 218 valence electrons. The van der Waals surface area contributed by atoms with E-state index in [-0.39, 0.29) is 60.8 Å². The molecule has 0 radical (unpaired) electrons. The summed E-state index contributed by atoms with van der Waals surface area (Å²) < 4.78 is 41.4. The molecule has 1 atom stereocenters. The molecule has 0 bridgehead atoms. The van der Waals surface area contributed by atoms with Crippen molar-refractivity contribution in [2.45, 2.75) is 18.0 Å². The van der Waals surface area contributed by atoms with Crippen LogP contribution in [-0.2, 0) is 14.6 Å². The predicted octanol–water partition coefficient (Wildman–Crippen LogP) is 4.57. The largest absolute Gasteiger partial charge is 0.355 e. The third-order valence-electron chi connectivity index (χ3n) is 6.80. The number of aromatic nitrogens is 4. The van der Waals surface area contributed by atoms with Gasteiger partial charge in [-0.3, -0.25) is 4.79 Å². The number of carbonyl (C=O) groups excluding carboxylic acids is 1. The summed E-state index contributed by atoms with van der Waals surface area (Å²) in [5.41, 5.74) is -1.51. The Morgan fingerprint density at radius 2 is 1.86 bits per heavy atom. The minimum Gasteiger partial charge on any atom is -0.350 e. The van der Waals surface area contributed by atoms with Gasteiger partial charge in [-0.2, -0.15) is 4.98 Å². The number of hydrogen-bond donors (Lipinski definition) is 0. The Hall–Kier alpha value is -3.58. The number of piperazine rings is 1. The molecule has 0 saturated carbocycles. The number of amides is 1. The lowest BCUT2D eigenvalue weighted by Gasteiger charge is -2.40. The van der Waals surface area contributed by atoms with E-state index in [0.717, 1.165) is 10.8 Å². The molecule has 1 aliphatic rings. The maximum atomic E-state index is 15.0. The van der Waals surface area contributed by atoms with Gasteiger partial charge in [0.2, 0.25) is 5.91 Å². The Kier molecular flexibility index (Phi) is 8.01. The van der Waals surface area contributed by atoms with Crippen LogP contribution < -0.4 is 10.6 Å². The first-order valence-corrected chi connectivity index (χ1v) is 15.5. The second kappa shape index (κ2) is 11.3. The lowest BCUT2D eigenvalue weighted by molar-refractivity contribution is -0.126. The molecular weight excluding hydrogens is 630 g/mol. The molecule has 15 heteroatoms. The first kappa shape index (κ1) is 29.9. The van der Waals surface area contributed by atoms with Gasteiger partial charge in [0.1, 0.15) is 17.3 Å². The maximum absolute atomic E-state index is 15.0. The number of fused-ring (bicyclic) bond motifs is 1. The molecule has 1 fully saturated rings. The van der Waals surface area contributed by atoms with E-state index >= 15 is 4.39 Å². The number of sulfone groups is 1. The third kappa shape index (κ3) is 5.24. The predicted molar refractivity (Wildman–Crippen MR) is 160 cm³/mol. The highest BCUT2D eigenvalue weighted by atomic mass is 35.5. The minimum atomic E-state index is -4.00. The highest BCUT2D eigenvalue weighted by Crippen LogP contribution is 2.39. The van der Waals surface area contributed by atoms with Crippen LogP contribution in [0.1, 0.15) is 6.92 Å². The number of carbonyl (C=O) groups is 1. The number of anilines is 1. The molecule has 5 rings (SSSR count). The molecule has 1 amide bonds. The van der Waals surface area contributed by atoms with E-state index in [1.54, 1.807) is 4.90 Å². The van der Waals surface area contributed by atoms with E-state index in [1.807, 2.05) is 11.8 Å². The van der Waals surface area contributed by atoms with Crippen LogP contribution in [0.15, 0.2) is 59.0 Å². The average molecular weight is 652 g/mol. The second-order valence-corrected chi connectivity index (χ2v) is 12.7. The summed E-state index contributed by atoms with van der Waals surface area (Å²) in [6, 6.07) is 6.53. The fraction of sp³-hybridized carbons (Fsp3) is 0.222. The van der Waals surface area contributed by atoms with Crippen LogP contribution >= 0.6 is 34.8 Å². The van der Waals surface area contributed by atoms with E-state index in [0.29, 0.717) is 19.6 Å². The number of halogens is 4. The zero-order valence-corrected chi connectivity index (χ0v) is 25.3. The summed E-state index contributed by atoms with van der Waals surface area (Å²) in [5, 5.41) is -0.350.